The van der Waals surface area contributed by atoms with Crippen LogP contribution in [0.4, 0.5) is 13.9 Å². The Bertz CT molecular complexity index is 662. The van der Waals surface area contributed by atoms with E-state index in [1.54, 1.807) is 12.1 Å². The standard InChI is InChI=1S/C15H15F2N3OS/c1-3-4-5-10-6-8-11(9-7-10)12(21)18-14-20-19-13(22-14)15(2,16)17/h3,6-9H,1,4-5H2,2H3,(H,18,20,21). The molecule has 0 saturated heterocycles. The van der Waals surface area contributed by atoms with Crippen molar-refractivity contribution in [2.45, 2.75) is 25.7 Å². The van der Waals surface area contributed by atoms with Gasteiger partial charge < -0.3 is 0 Å². The molecule has 116 valence electrons. The average molecular weight is 323 g/mol. The molecule has 0 saturated carbocycles. The topological polar surface area (TPSA) is 54.9 Å². The second kappa shape index (κ2) is 6.74. The number of anilines is 1. The van der Waals surface area contributed by atoms with Crippen LogP contribution in [0.5, 0.6) is 0 Å². The van der Waals surface area contributed by atoms with E-state index in [-0.39, 0.29) is 5.13 Å². The molecule has 1 heterocycles. The van der Waals surface area contributed by atoms with E-state index in [0.717, 1.165) is 25.3 Å². The molecule has 2 rings (SSSR count). The predicted octanol–water partition coefficient (Wildman–Crippen LogP) is 4.02. The second-order valence-corrected chi connectivity index (χ2v) is 5.76. The number of hydrogen-bond donors (Lipinski definition) is 1. The summed E-state index contributed by atoms with van der Waals surface area (Å²) in [6.07, 6.45) is 3.55. The molecule has 22 heavy (non-hydrogen) atoms. The number of hydrogen-bond acceptors (Lipinski definition) is 4. The van der Waals surface area contributed by atoms with Crippen LogP contribution >= 0.6 is 11.3 Å². The first kappa shape index (κ1) is 16.2. The molecule has 0 atom stereocenters. The summed E-state index contributed by atoms with van der Waals surface area (Å²) in [4.78, 5) is 12.0. The fourth-order valence-electron chi connectivity index (χ4n) is 1.71. The lowest BCUT2D eigenvalue weighted by molar-refractivity contribution is 0.0165. The van der Waals surface area contributed by atoms with Gasteiger partial charge in [0.2, 0.25) is 5.13 Å². The van der Waals surface area contributed by atoms with Crippen LogP contribution in [0.3, 0.4) is 0 Å². The van der Waals surface area contributed by atoms with Crippen molar-refractivity contribution in [1.82, 2.24) is 10.2 Å². The zero-order chi connectivity index (χ0) is 16.2. The maximum absolute atomic E-state index is 13.1. The molecule has 1 aromatic heterocycles. The molecule has 1 aromatic carbocycles. The number of allylic oxidation sites excluding steroid dienone is 1. The Morgan fingerprint density at radius 3 is 2.59 bits per heavy atom. The molecule has 1 amide bonds. The van der Waals surface area contributed by atoms with Gasteiger partial charge in [-0.25, -0.2) is 0 Å². The number of carbonyl (C=O) groups excluding carboxylic acids is 1. The van der Waals surface area contributed by atoms with Gasteiger partial charge in [0.1, 0.15) is 0 Å². The zero-order valence-corrected chi connectivity index (χ0v) is 12.8. The fraction of sp³-hybridized carbons (Fsp3) is 0.267. The molecule has 0 aliphatic carbocycles. The number of nitrogens with zero attached hydrogens (tertiary/aromatic N) is 2. The fourth-order valence-corrected chi connectivity index (χ4v) is 2.38. The Labute approximate surface area is 130 Å². The number of rotatable bonds is 6. The van der Waals surface area contributed by atoms with Crippen LogP contribution < -0.4 is 5.32 Å². The number of aromatic nitrogens is 2. The predicted molar refractivity (Wildman–Crippen MR) is 82.4 cm³/mol. The van der Waals surface area contributed by atoms with Gasteiger partial charge in [-0.1, -0.05) is 29.5 Å². The van der Waals surface area contributed by atoms with Crippen molar-refractivity contribution in [3.05, 3.63) is 53.1 Å². The monoisotopic (exact) mass is 323 g/mol. The molecule has 0 spiro atoms. The molecule has 0 aliphatic heterocycles. The molecule has 0 bridgehead atoms. The smallest absolute Gasteiger partial charge is 0.296 e. The summed E-state index contributed by atoms with van der Waals surface area (Å²) in [5, 5.41) is 9.02. The minimum Gasteiger partial charge on any atom is -0.296 e. The number of benzene rings is 1. The van der Waals surface area contributed by atoms with E-state index in [2.05, 4.69) is 22.1 Å². The van der Waals surface area contributed by atoms with Gasteiger partial charge in [-0.3, -0.25) is 10.1 Å². The van der Waals surface area contributed by atoms with Gasteiger partial charge in [-0.05, 0) is 30.5 Å². The lowest BCUT2D eigenvalue weighted by Gasteiger charge is -2.04. The van der Waals surface area contributed by atoms with Gasteiger partial charge in [-0.15, -0.1) is 16.8 Å². The first-order chi connectivity index (χ1) is 10.4. The molecule has 0 fully saturated rings. The van der Waals surface area contributed by atoms with Gasteiger partial charge in [0, 0.05) is 12.5 Å². The van der Waals surface area contributed by atoms with Crippen LogP contribution in [0.2, 0.25) is 0 Å². The second-order valence-electron chi connectivity index (χ2n) is 4.78. The van der Waals surface area contributed by atoms with Crippen LogP contribution in [0, 0.1) is 0 Å². The highest BCUT2D eigenvalue weighted by Gasteiger charge is 2.29. The quantitative estimate of drug-likeness (QED) is 0.817. The van der Waals surface area contributed by atoms with Crippen molar-refractivity contribution < 1.29 is 13.6 Å². The normalized spacial score (nSPS) is 11.2. The van der Waals surface area contributed by atoms with E-state index in [1.807, 2.05) is 18.2 Å². The van der Waals surface area contributed by atoms with Gasteiger partial charge in [0.15, 0.2) is 5.01 Å². The summed E-state index contributed by atoms with van der Waals surface area (Å²) in [5.74, 6) is -3.47. The summed E-state index contributed by atoms with van der Waals surface area (Å²) < 4.78 is 26.1. The van der Waals surface area contributed by atoms with E-state index < -0.39 is 16.8 Å². The number of halogens is 2. The molecular formula is C15H15F2N3OS. The van der Waals surface area contributed by atoms with Crippen LogP contribution in [0.15, 0.2) is 36.9 Å². The molecule has 1 N–H and O–H groups in total. The van der Waals surface area contributed by atoms with Gasteiger partial charge in [0.25, 0.3) is 11.8 Å². The van der Waals surface area contributed by atoms with Crippen LogP contribution in [-0.2, 0) is 12.3 Å². The maximum Gasteiger partial charge on any atom is 0.298 e. The lowest BCUT2D eigenvalue weighted by Crippen LogP contribution is -2.11. The van der Waals surface area contributed by atoms with E-state index >= 15 is 0 Å². The summed E-state index contributed by atoms with van der Waals surface area (Å²) in [6, 6.07) is 7.07. The first-order valence-corrected chi connectivity index (χ1v) is 7.45. The Kier molecular flexibility index (Phi) is 4.97. The van der Waals surface area contributed by atoms with Crippen LogP contribution in [-0.4, -0.2) is 16.1 Å². The third-order valence-corrected chi connectivity index (χ3v) is 3.88. The average Bonchev–Trinajstić information content (AvgIpc) is 2.94. The third-order valence-electron chi connectivity index (χ3n) is 2.87. The zero-order valence-electron chi connectivity index (χ0n) is 12.0. The van der Waals surface area contributed by atoms with E-state index in [1.165, 1.54) is 0 Å². The van der Waals surface area contributed by atoms with Crippen molar-refractivity contribution >= 4 is 22.4 Å². The van der Waals surface area contributed by atoms with E-state index in [9.17, 15) is 13.6 Å². The van der Waals surface area contributed by atoms with Crippen molar-refractivity contribution in [1.29, 1.82) is 0 Å². The molecule has 7 heteroatoms. The van der Waals surface area contributed by atoms with E-state index in [0.29, 0.717) is 16.9 Å². The maximum atomic E-state index is 13.1. The number of amides is 1. The third kappa shape index (κ3) is 4.17. The highest BCUT2D eigenvalue weighted by Crippen LogP contribution is 2.31. The molecule has 2 aromatic rings. The Morgan fingerprint density at radius 2 is 2.05 bits per heavy atom. The van der Waals surface area contributed by atoms with Gasteiger partial charge in [0.05, 0.1) is 0 Å². The Hall–Kier alpha value is -2.15. The highest BCUT2D eigenvalue weighted by molar-refractivity contribution is 7.15. The van der Waals surface area contributed by atoms with E-state index in [4.69, 9.17) is 0 Å². The summed E-state index contributed by atoms with van der Waals surface area (Å²) in [7, 11) is 0. The number of nitrogens with one attached hydrogen (secondary N) is 1. The minimum atomic E-state index is -3.06. The number of alkyl halides is 2. The first-order valence-electron chi connectivity index (χ1n) is 6.63. The number of aryl methyl sites for hydroxylation is 1. The molecular weight excluding hydrogens is 308 g/mol. The molecule has 0 aliphatic rings. The molecule has 0 unspecified atom stereocenters. The largest absolute Gasteiger partial charge is 0.298 e. The Morgan fingerprint density at radius 1 is 1.36 bits per heavy atom. The number of carbonyl (C=O) groups is 1. The minimum absolute atomic E-state index is 0.0530. The van der Waals surface area contributed by atoms with Crippen molar-refractivity contribution in [3.63, 3.8) is 0 Å². The van der Waals surface area contributed by atoms with Crippen LogP contribution in [0.25, 0.3) is 0 Å². The van der Waals surface area contributed by atoms with Crippen LogP contribution in [0.1, 0.15) is 34.3 Å². The SMILES string of the molecule is C=CCCc1ccc(C(=O)Nc2nnc(C(C)(F)F)s2)cc1. The van der Waals surface area contributed by atoms with Crippen molar-refractivity contribution in [2.24, 2.45) is 0 Å². The van der Waals surface area contributed by atoms with Crippen molar-refractivity contribution in [3.8, 4) is 0 Å². The lowest BCUT2D eigenvalue weighted by atomic mass is 10.1. The molecule has 4 nitrogen and oxygen atoms in total. The summed E-state index contributed by atoms with van der Waals surface area (Å²) in [6.45, 7) is 4.40. The van der Waals surface area contributed by atoms with Crippen molar-refractivity contribution in [2.75, 3.05) is 5.32 Å². The highest BCUT2D eigenvalue weighted by atomic mass is 32.1. The van der Waals surface area contributed by atoms with Gasteiger partial charge in [-0.2, -0.15) is 8.78 Å². The Balaban J connectivity index is 2.02. The summed E-state index contributed by atoms with van der Waals surface area (Å²) in [5.41, 5.74) is 1.53. The van der Waals surface area contributed by atoms with Gasteiger partial charge >= 0.3 is 0 Å². The molecule has 0 radical (unpaired) electrons. The summed E-state index contributed by atoms with van der Waals surface area (Å²) >= 11 is 0.662.